The number of nitrogens with two attached hydrogens (primary N) is 1. The molecule has 2 amide bonds. The Balaban J connectivity index is 1.60. The summed E-state index contributed by atoms with van der Waals surface area (Å²) in [5.41, 5.74) is 8.79. The number of anilines is 3. The second kappa shape index (κ2) is 8.80. The first-order valence-electron chi connectivity index (χ1n) is 10.2. The molecule has 2 aromatic carbocycles. The van der Waals surface area contributed by atoms with Gasteiger partial charge in [0.1, 0.15) is 17.8 Å². The summed E-state index contributed by atoms with van der Waals surface area (Å²) in [6.07, 6.45) is 3.11. The van der Waals surface area contributed by atoms with E-state index >= 15 is 0 Å². The van der Waals surface area contributed by atoms with Crippen molar-refractivity contribution in [3.63, 3.8) is 0 Å². The van der Waals surface area contributed by atoms with Gasteiger partial charge in [-0.2, -0.15) is 5.26 Å². The van der Waals surface area contributed by atoms with Gasteiger partial charge in [0.15, 0.2) is 5.78 Å². The zero-order valence-electron chi connectivity index (χ0n) is 18.0. The fourth-order valence-electron chi connectivity index (χ4n) is 3.53. The maximum atomic E-state index is 13.4. The Morgan fingerprint density at radius 2 is 1.76 bits per heavy atom. The second-order valence-electron chi connectivity index (χ2n) is 7.68. The van der Waals surface area contributed by atoms with E-state index in [-0.39, 0.29) is 17.6 Å². The minimum absolute atomic E-state index is 0.0691. The molecule has 0 unspecified atom stereocenters. The Bertz CT molecular complexity index is 1420. The molecule has 0 atom stereocenters. The van der Waals surface area contributed by atoms with E-state index in [1.54, 1.807) is 54.7 Å². The third-order valence-electron chi connectivity index (χ3n) is 5.07. The van der Waals surface area contributed by atoms with Gasteiger partial charge in [0.05, 0.1) is 22.6 Å². The fraction of sp³-hybridized carbons (Fsp3) is 0.125. The number of hydrogen-bond acceptors (Lipinski definition) is 6. The number of benzene rings is 2. The largest absolute Gasteiger partial charge is 0.383 e. The van der Waals surface area contributed by atoms with Crippen molar-refractivity contribution in [3.05, 3.63) is 77.7 Å². The average Bonchev–Trinajstić information content (AvgIpc) is 3.20. The summed E-state index contributed by atoms with van der Waals surface area (Å²) < 4.78 is 1.88. The van der Waals surface area contributed by atoms with Gasteiger partial charge in [-0.05, 0) is 44.2 Å². The van der Waals surface area contributed by atoms with Crippen molar-refractivity contribution in [2.24, 2.45) is 0 Å². The van der Waals surface area contributed by atoms with Crippen LogP contribution in [0.3, 0.4) is 0 Å². The van der Waals surface area contributed by atoms with Crippen LogP contribution in [0.15, 0.2) is 61.1 Å². The molecule has 4 N–H and O–H groups in total. The summed E-state index contributed by atoms with van der Waals surface area (Å²) in [6.45, 7) is 3.98. The number of urea groups is 1. The van der Waals surface area contributed by atoms with Crippen molar-refractivity contribution in [3.8, 4) is 6.07 Å². The van der Waals surface area contributed by atoms with Crippen molar-refractivity contribution in [2.75, 3.05) is 16.4 Å². The molecule has 164 valence electrons. The lowest BCUT2D eigenvalue weighted by Crippen LogP contribution is -2.19. The molecule has 0 aliphatic rings. The van der Waals surface area contributed by atoms with Crippen LogP contribution in [0.4, 0.5) is 22.0 Å². The number of aromatic nitrogens is 3. The number of nitriles is 1. The number of amides is 2. The van der Waals surface area contributed by atoms with Gasteiger partial charge >= 0.3 is 6.03 Å². The van der Waals surface area contributed by atoms with Gasteiger partial charge < -0.3 is 20.9 Å². The summed E-state index contributed by atoms with van der Waals surface area (Å²) in [6, 6.07) is 14.8. The molecule has 2 heterocycles. The Hall–Kier alpha value is -4.71. The predicted octanol–water partition coefficient (Wildman–Crippen LogP) is 4.34. The quantitative estimate of drug-likeness (QED) is 0.395. The maximum absolute atomic E-state index is 13.4. The second-order valence-corrected chi connectivity index (χ2v) is 7.68. The van der Waals surface area contributed by atoms with Gasteiger partial charge in [0.25, 0.3) is 0 Å². The fourth-order valence-corrected chi connectivity index (χ4v) is 3.53. The van der Waals surface area contributed by atoms with Crippen molar-refractivity contribution >= 4 is 40.0 Å². The van der Waals surface area contributed by atoms with E-state index in [2.05, 4.69) is 20.6 Å². The molecule has 0 fully saturated rings. The highest BCUT2D eigenvalue weighted by atomic mass is 16.2. The first-order chi connectivity index (χ1) is 15.9. The SMILES string of the molecule is CC(C)n1cc(C(=O)c2cccc(NC(=O)Nc3cccc(C#N)c3)c2)c2c(N)ncnc21. The van der Waals surface area contributed by atoms with E-state index in [1.165, 1.54) is 6.33 Å². The Labute approximate surface area is 189 Å². The van der Waals surface area contributed by atoms with Gasteiger partial charge in [-0.15, -0.1) is 0 Å². The molecule has 33 heavy (non-hydrogen) atoms. The highest BCUT2D eigenvalue weighted by Gasteiger charge is 2.21. The number of fused-ring (bicyclic) bond motifs is 1. The first-order valence-corrected chi connectivity index (χ1v) is 10.2. The molecular weight excluding hydrogens is 418 g/mol. The summed E-state index contributed by atoms with van der Waals surface area (Å²) in [5.74, 6) is -0.0253. The summed E-state index contributed by atoms with van der Waals surface area (Å²) in [7, 11) is 0. The van der Waals surface area contributed by atoms with E-state index in [1.807, 2.05) is 24.5 Å². The normalized spacial score (nSPS) is 10.7. The van der Waals surface area contributed by atoms with Crippen LogP contribution in [0.1, 0.15) is 41.4 Å². The molecule has 4 rings (SSSR count). The number of ketones is 1. The van der Waals surface area contributed by atoms with Gasteiger partial charge in [0.2, 0.25) is 0 Å². The summed E-state index contributed by atoms with van der Waals surface area (Å²) >= 11 is 0. The monoisotopic (exact) mass is 439 g/mol. The molecule has 9 heteroatoms. The van der Waals surface area contributed by atoms with Crippen LogP contribution >= 0.6 is 0 Å². The van der Waals surface area contributed by atoms with Gasteiger partial charge in [-0.1, -0.05) is 18.2 Å². The number of nitrogen functional groups attached to an aromatic ring is 1. The number of nitrogens with zero attached hydrogens (tertiary/aromatic N) is 4. The number of carbonyl (C=O) groups excluding carboxylic acids is 2. The van der Waals surface area contributed by atoms with Crippen LogP contribution in [-0.2, 0) is 0 Å². The van der Waals surface area contributed by atoms with E-state index < -0.39 is 6.03 Å². The Kier molecular flexibility index (Phi) is 5.74. The van der Waals surface area contributed by atoms with Gasteiger partial charge in [0, 0.05) is 29.2 Å². The summed E-state index contributed by atoms with van der Waals surface area (Å²) in [4.78, 5) is 34.1. The number of carbonyl (C=O) groups is 2. The van der Waals surface area contributed by atoms with E-state index in [4.69, 9.17) is 11.0 Å². The maximum Gasteiger partial charge on any atom is 0.323 e. The molecule has 0 spiro atoms. The van der Waals surface area contributed by atoms with Gasteiger partial charge in [-0.25, -0.2) is 14.8 Å². The number of rotatable bonds is 5. The van der Waals surface area contributed by atoms with E-state index in [0.29, 0.717) is 39.1 Å². The van der Waals surface area contributed by atoms with Crippen LogP contribution in [0.25, 0.3) is 11.0 Å². The lowest BCUT2D eigenvalue weighted by molar-refractivity contribution is 0.104. The first kappa shape index (κ1) is 21.5. The van der Waals surface area contributed by atoms with Crippen molar-refractivity contribution in [2.45, 2.75) is 19.9 Å². The third kappa shape index (κ3) is 4.36. The van der Waals surface area contributed by atoms with Crippen LogP contribution in [-0.4, -0.2) is 26.3 Å². The average molecular weight is 439 g/mol. The molecule has 0 aliphatic heterocycles. The molecule has 2 aromatic heterocycles. The molecule has 0 saturated heterocycles. The molecule has 0 saturated carbocycles. The van der Waals surface area contributed by atoms with Gasteiger partial charge in [-0.3, -0.25) is 4.79 Å². The lowest BCUT2D eigenvalue weighted by atomic mass is 10.0. The highest BCUT2D eigenvalue weighted by Crippen LogP contribution is 2.29. The molecule has 0 bridgehead atoms. The van der Waals surface area contributed by atoms with E-state index in [9.17, 15) is 9.59 Å². The molecule has 0 aliphatic carbocycles. The van der Waals surface area contributed by atoms with Crippen molar-refractivity contribution in [1.82, 2.24) is 14.5 Å². The zero-order valence-corrected chi connectivity index (χ0v) is 18.0. The van der Waals surface area contributed by atoms with Crippen molar-refractivity contribution in [1.29, 1.82) is 5.26 Å². The minimum atomic E-state index is -0.497. The Morgan fingerprint density at radius 3 is 2.45 bits per heavy atom. The molecule has 4 aromatic rings. The Morgan fingerprint density at radius 1 is 1.06 bits per heavy atom. The third-order valence-corrected chi connectivity index (χ3v) is 5.07. The minimum Gasteiger partial charge on any atom is -0.383 e. The highest BCUT2D eigenvalue weighted by molar-refractivity contribution is 6.18. The lowest BCUT2D eigenvalue weighted by Gasteiger charge is -2.09. The zero-order chi connectivity index (χ0) is 23.5. The predicted molar refractivity (Wildman–Crippen MR) is 126 cm³/mol. The van der Waals surface area contributed by atoms with Crippen molar-refractivity contribution < 1.29 is 9.59 Å². The van der Waals surface area contributed by atoms with Crippen LogP contribution in [0.5, 0.6) is 0 Å². The summed E-state index contributed by atoms with van der Waals surface area (Å²) in [5, 5.41) is 14.9. The smallest absolute Gasteiger partial charge is 0.323 e. The number of hydrogen-bond donors (Lipinski definition) is 3. The molecule has 0 radical (unpaired) electrons. The topological polar surface area (TPSA) is 139 Å². The molecule has 9 nitrogen and oxygen atoms in total. The van der Waals surface area contributed by atoms with Crippen LogP contribution in [0.2, 0.25) is 0 Å². The van der Waals surface area contributed by atoms with Crippen LogP contribution < -0.4 is 16.4 Å². The number of nitrogens with one attached hydrogen (secondary N) is 2. The van der Waals surface area contributed by atoms with Crippen LogP contribution in [0, 0.1) is 11.3 Å². The molecular formula is C24H21N7O2. The van der Waals surface area contributed by atoms with E-state index in [0.717, 1.165) is 0 Å². The standard InChI is InChI=1S/C24H21N7O2/c1-14(2)31-12-19(20-22(26)27-13-28-23(20)31)21(32)16-6-4-8-18(10-16)30-24(33)29-17-7-3-5-15(9-17)11-25/h3-10,12-14H,1-2H3,(H2,26,27,28)(H2,29,30,33).